The van der Waals surface area contributed by atoms with Crippen LogP contribution in [0.2, 0.25) is 0 Å². The van der Waals surface area contributed by atoms with Gasteiger partial charge in [0.15, 0.2) is 0 Å². The summed E-state index contributed by atoms with van der Waals surface area (Å²) in [6.45, 7) is 0.251. The van der Waals surface area contributed by atoms with E-state index in [1.54, 1.807) is 43.1 Å². The average Bonchev–Trinajstić information content (AvgIpc) is 2.89. The van der Waals surface area contributed by atoms with Crippen molar-refractivity contribution in [2.75, 3.05) is 7.11 Å². The SMILES string of the molecule is COc1cccc(C(=O)OCc2cncs2)c1. The van der Waals surface area contributed by atoms with Crippen molar-refractivity contribution >= 4 is 17.3 Å². The minimum Gasteiger partial charge on any atom is -0.497 e. The molecule has 0 amide bonds. The molecular formula is C12H11NO3S. The first-order valence-electron chi connectivity index (χ1n) is 4.98. The van der Waals surface area contributed by atoms with Crippen molar-refractivity contribution in [3.63, 3.8) is 0 Å². The summed E-state index contributed by atoms with van der Waals surface area (Å²) >= 11 is 1.45. The predicted molar refractivity (Wildman–Crippen MR) is 64.2 cm³/mol. The number of rotatable bonds is 4. The molecule has 0 bridgehead atoms. The zero-order chi connectivity index (χ0) is 12.1. The number of ether oxygens (including phenoxy) is 2. The first-order valence-corrected chi connectivity index (χ1v) is 5.86. The summed E-state index contributed by atoms with van der Waals surface area (Å²) < 4.78 is 10.2. The van der Waals surface area contributed by atoms with Gasteiger partial charge >= 0.3 is 5.97 Å². The number of hydrogen-bond acceptors (Lipinski definition) is 5. The van der Waals surface area contributed by atoms with Crippen molar-refractivity contribution in [3.05, 3.63) is 46.4 Å². The van der Waals surface area contributed by atoms with Gasteiger partial charge in [-0.2, -0.15) is 0 Å². The lowest BCUT2D eigenvalue weighted by Crippen LogP contribution is -2.04. The van der Waals surface area contributed by atoms with Crippen molar-refractivity contribution in [2.45, 2.75) is 6.61 Å². The molecule has 0 spiro atoms. The highest BCUT2D eigenvalue weighted by molar-refractivity contribution is 7.09. The first kappa shape index (κ1) is 11.6. The topological polar surface area (TPSA) is 48.4 Å². The van der Waals surface area contributed by atoms with E-state index in [-0.39, 0.29) is 12.6 Å². The van der Waals surface area contributed by atoms with Crippen molar-refractivity contribution < 1.29 is 14.3 Å². The summed E-state index contributed by atoms with van der Waals surface area (Å²) in [5.74, 6) is 0.273. The molecule has 0 aliphatic carbocycles. The highest BCUT2D eigenvalue weighted by atomic mass is 32.1. The normalized spacial score (nSPS) is 9.94. The van der Waals surface area contributed by atoms with Crippen molar-refractivity contribution in [1.29, 1.82) is 0 Å². The number of carbonyl (C=O) groups is 1. The monoisotopic (exact) mass is 249 g/mol. The molecule has 0 aliphatic heterocycles. The van der Waals surface area contributed by atoms with Crippen LogP contribution in [0, 0.1) is 0 Å². The van der Waals surface area contributed by atoms with E-state index >= 15 is 0 Å². The molecule has 17 heavy (non-hydrogen) atoms. The molecule has 1 aromatic carbocycles. The maximum absolute atomic E-state index is 11.7. The van der Waals surface area contributed by atoms with Gasteiger partial charge in [-0.15, -0.1) is 11.3 Å². The molecule has 0 saturated carbocycles. The van der Waals surface area contributed by atoms with E-state index < -0.39 is 0 Å². The van der Waals surface area contributed by atoms with Gasteiger partial charge in [-0.05, 0) is 18.2 Å². The van der Waals surface area contributed by atoms with E-state index in [1.807, 2.05) is 0 Å². The van der Waals surface area contributed by atoms with Crippen molar-refractivity contribution in [1.82, 2.24) is 4.98 Å². The fourth-order valence-electron chi connectivity index (χ4n) is 1.28. The van der Waals surface area contributed by atoms with Gasteiger partial charge in [-0.1, -0.05) is 6.07 Å². The summed E-state index contributed by atoms with van der Waals surface area (Å²) in [6.07, 6.45) is 1.68. The average molecular weight is 249 g/mol. The number of esters is 1. The van der Waals surface area contributed by atoms with Crippen LogP contribution in [0.15, 0.2) is 36.0 Å². The third kappa shape index (κ3) is 3.04. The quantitative estimate of drug-likeness (QED) is 0.781. The third-order valence-corrected chi connectivity index (χ3v) is 2.89. The van der Waals surface area contributed by atoms with Crippen LogP contribution in [0.3, 0.4) is 0 Å². The Morgan fingerprint density at radius 3 is 3.06 bits per heavy atom. The number of methoxy groups -OCH3 is 1. The van der Waals surface area contributed by atoms with Crippen LogP contribution in [0.4, 0.5) is 0 Å². The highest BCUT2D eigenvalue weighted by Gasteiger charge is 2.08. The standard InChI is InChI=1S/C12H11NO3S/c1-15-10-4-2-3-9(5-10)12(14)16-7-11-6-13-8-17-11/h2-6,8H,7H2,1H3. The number of carbonyl (C=O) groups excluding carboxylic acids is 1. The van der Waals surface area contributed by atoms with Crippen LogP contribution >= 0.6 is 11.3 Å². The minimum absolute atomic E-state index is 0.251. The smallest absolute Gasteiger partial charge is 0.338 e. The molecule has 0 saturated heterocycles. The largest absolute Gasteiger partial charge is 0.497 e. The molecule has 0 radical (unpaired) electrons. The van der Waals surface area contributed by atoms with Crippen LogP contribution in [0.25, 0.3) is 0 Å². The minimum atomic E-state index is -0.364. The molecule has 5 heteroatoms. The molecule has 88 valence electrons. The summed E-state index contributed by atoms with van der Waals surface area (Å²) in [4.78, 5) is 16.5. The lowest BCUT2D eigenvalue weighted by molar-refractivity contribution is 0.0476. The summed E-state index contributed by atoms with van der Waals surface area (Å²) in [5, 5.41) is 0. The third-order valence-electron chi connectivity index (χ3n) is 2.13. The van der Waals surface area contributed by atoms with Crippen molar-refractivity contribution in [2.24, 2.45) is 0 Å². The summed E-state index contributed by atoms with van der Waals surface area (Å²) in [6, 6.07) is 6.87. The van der Waals surface area contributed by atoms with Crippen LogP contribution in [-0.2, 0) is 11.3 Å². The van der Waals surface area contributed by atoms with Gasteiger partial charge in [0, 0.05) is 6.20 Å². The zero-order valence-corrected chi connectivity index (χ0v) is 10.1. The van der Waals surface area contributed by atoms with Crippen LogP contribution in [0.1, 0.15) is 15.2 Å². The molecule has 2 rings (SSSR count). The Morgan fingerprint density at radius 1 is 1.47 bits per heavy atom. The highest BCUT2D eigenvalue weighted by Crippen LogP contribution is 2.14. The molecule has 1 heterocycles. The fourth-order valence-corrected chi connectivity index (χ4v) is 1.79. The van der Waals surface area contributed by atoms with Gasteiger partial charge in [0.05, 0.1) is 23.1 Å². The Bertz CT molecular complexity index is 496. The van der Waals surface area contributed by atoms with Crippen LogP contribution in [-0.4, -0.2) is 18.1 Å². The van der Waals surface area contributed by atoms with Gasteiger partial charge in [0.25, 0.3) is 0 Å². The van der Waals surface area contributed by atoms with Gasteiger partial charge in [-0.3, -0.25) is 4.98 Å². The molecule has 0 aliphatic rings. The molecule has 2 aromatic rings. The number of nitrogens with zero attached hydrogens (tertiary/aromatic N) is 1. The fraction of sp³-hybridized carbons (Fsp3) is 0.167. The van der Waals surface area contributed by atoms with E-state index in [2.05, 4.69) is 4.98 Å². The van der Waals surface area contributed by atoms with E-state index in [4.69, 9.17) is 9.47 Å². The van der Waals surface area contributed by atoms with Gasteiger partial charge in [0.2, 0.25) is 0 Å². The van der Waals surface area contributed by atoms with Gasteiger partial charge < -0.3 is 9.47 Å². The Balaban J connectivity index is 1.99. The van der Waals surface area contributed by atoms with Crippen molar-refractivity contribution in [3.8, 4) is 5.75 Å². The van der Waals surface area contributed by atoms with Crippen LogP contribution < -0.4 is 4.74 Å². The molecule has 0 N–H and O–H groups in total. The number of aromatic nitrogens is 1. The lowest BCUT2D eigenvalue weighted by Gasteiger charge is -2.04. The molecule has 0 atom stereocenters. The number of benzene rings is 1. The number of hydrogen-bond donors (Lipinski definition) is 0. The van der Waals surface area contributed by atoms with E-state index in [1.165, 1.54) is 11.3 Å². The Morgan fingerprint density at radius 2 is 2.35 bits per heavy atom. The van der Waals surface area contributed by atoms with E-state index in [9.17, 15) is 4.79 Å². The molecule has 4 nitrogen and oxygen atoms in total. The lowest BCUT2D eigenvalue weighted by atomic mass is 10.2. The zero-order valence-electron chi connectivity index (χ0n) is 9.25. The summed E-state index contributed by atoms with van der Waals surface area (Å²) in [5.41, 5.74) is 2.18. The van der Waals surface area contributed by atoms with Crippen LogP contribution in [0.5, 0.6) is 5.75 Å². The maximum atomic E-state index is 11.7. The van der Waals surface area contributed by atoms with E-state index in [0.29, 0.717) is 11.3 Å². The second kappa shape index (κ2) is 5.45. The second-order valence-electron chi connectivity index (χ2n) is 3.28. The summed E-state index contributed by atoms with van der Waals surface area (Å²) in [7, 11) is 1.56. The maximum Gasteiger partial charge on any atom is 0.338 e. The second-order valence-corrected chi connectivity index (χ2v) is 4.25. The Labute approximate surface area is 103 Å². The molecule has 0 fully saturated rings. The van der Waals surface area contributed by atoms with Gasteiger partial charge in [-0.25, -0.2) is 4.79 Å². The Hall–Kier alpha value is -1.88. The van der Waals surface area contributed by atoms with Gasteiger partial charge in [0.1, 0.15) is 12.4 Å². The first-order chi connectivity index (χ1) is 8.29. The predicted octanol–water partition coefficient (Wildman–Crippen LogP) is 2.51. The molecular weight excluding hydrogens is 238 g/mol. The molecule has 1 aromatic heterocycles. The van der Waals surface area contributed by atoms with E-state index in [0.717, 1.165) is 4.88 Å². The Kier molecular flexibility index (Phi) is 3.72. The number of thiazole rings is 1. The molecule has 0 unspecified atom stereocenters.